The Labute approximate surface area is 98.7 Å². The quantitative estimate of drug-likeness (QED) is 0.575. The van der Waals surface area contributed by atoms with Crippen LogP contribution in [-0.2, 0) is 9.63 Å². The lowest BCUT2D eigenvalue weighted by molar-refractivity contribution is -0.225. The molecule has 0 aromatic heterocycles. The van der Waals surface area contributed by atoms with Gasteiger partial charge < -0.3 is 4.84 Å². The van der Waals surface area contributed by atoms with E-state index in [-0.39, 0.29) is 5.06 Å². The fraction of sp³-hybridized carbons (Fsp3) is 0.200. The molecule has 8 heteroatoms. The highest BCUT2D eigenvalue weighted by atomic mass is 19.4. The number of halogens is 4. The summed E-state index contributed by atoms with van der Waals surface area (Å²) in [5.74, 6) is -4.70. The standard InChI is InChI=1S/C10H7F4NO3/c1-15(18-9(17)10(12,13)14)8(16)6-4-2-3-5-7(6)11/h2-5H,1H3. The Morgan fingerprint density at radius 2 is 1.78 bits per heavy atom. The van der Waals surface area contributed by atoms with E-state index in [0.717, 1.165) is 19.2 Å². The molecule has 0 radical (unpaired) electrons. The Morgan fingerprint density at radius 3 is 2.28 bits per heavy atom. The summed E-state index contributed by atoms with van der Waals surface area (Å²) in [5, 5.41) is 0.0221. The normalized spacial score (nSPS) is 10.9. The molecular formula is C10H7F4NO3. The lowest BCUT2D eigenvalue weighted by Gasteiger charge is -2.17. The molecule has 1 aromatic rings. The van der Waals surface area contributed by atoms with Crippen LogP contribution in [-0.4, -0.2) is 30.2 Å². The van der Waals surface area contributed by atoms with Gasteiger partial charge in [0.05, 0.1) is 5.56 Å². The van der Waals surface area contributed by atoms with E-state index in [1.54, 1.807) is 0 Å². The van der Waals surface area contributed by atoms with Crippen molar-refractivity contribution in [1.82, 2.24) is 5.06 Å². The number of amides is 1. The molecule has 18 heavy (non-hydrogen) atoms. The van der Waals surface area contributed by atoms with Gasteiger partial charge in [0.2, 0.25) is 0 Å². The summed E-state index contributed by atoms with van der Waals surface area (Å²) in [6, 6.07) is 4.62. The highest BCUT2D eigenvalue weighted by molar-refractivity contribution is 5.94. The topological polar surface area (TPSA) is 46.6 Å². The molecule has 1 rings (SSSR count). The Kier molecular flexibility index (Phi) is 3.89. The third-order valence-electron chi connectivity index (χ3n) is 1.84. The zero-order valence-corrected chi connectivity index (χ0v) is 8.99. The highest BCUT2D eigenvalue weighted by Gasteiger charge is 2.43. The number of benzene rings is 1. The first kappa shape index (κ1) is 13.9. The molecule has 0 fully saturated rings. The van der Waals surface area contributed by atoms with Crippen molar-refractivity contribution in [3.05, 3.63) is 35.6 Å². The number of hydrogen-bond acceptors (Lipinski definition) is 3. The average Bonchev–Trinajstić information content (AvgIpc) is 2.27. The molecule has 0 atom stereocenters. The first-order valence-electron chi connectivity index (χ1n) is 4.55. The maximum atomic E-state index is 13.2. The molecule has 4 nitrogen and oxygen atoms in total. The minimum atomic E-state index is -5.23. The summed E-state index contributed by atoms with van der Waals surface area (Å²) < 4.78 is 48.8. The molecule has 0 saturated carbocycles. The van der Waals surface area contributed by atoms with Gasteiger partial charge in [0, 0.05) is 7.05 Å². The molecule has 0 N–H and O–H groups in total. The molecule has 0 aliphatic rings. The van der Waals surface area contributed by atoms with E-state index in [9.17, 15) is 27.2 Å². The van der Waals surface area contributed by atoms with E-state index < -0.39 is 29.4 Å². The van der Waals surface area contributed by atoms with Gasteiger partial charge in [0.15, 0.2) is 0 Å². The maximum absolute atomic E-state index is 13.2. The fourth-order valence-electron chi connectivity index (χ4n) is 1.02. The minimum Gasteiger partial charge on any atom is -0.330 e. The number of carbonyl (C=O) groups excluding carboxylic acids is 2. The van der Waals surface area contributed by atoms with Crippen molar-refractivity contribution in [3.8, 4) is 0 Å². The van der Waals surface area contributed by atoms with Crippen LogP contribution in [0.4, 0.5) is 17.6 Å². The maximum Gasteiger partial charge on any atom is 0.493 e. The van der Waals surface area contributed by atoms with Crippen LogP contribution in [0.3, 0.4) is 0 Å². The molecular weight excluding hydrogens is 258 g/mol. The molecule has 0 spiro atoms. The average molecular weight is 265 g/mol. The molecule has 0 aliphatic heterocycles. The molecule has 98 valence electrons. The second kappa shape index (κ2) is 5.03. The molecule has 0 bridgehead atoms. The van der Waals surface area contributed by atoms with Gasteiger partial charge in [-0.1, -0.05) is 12.1 Å². The number of hydrogen-bond donors (Lipinski definition) is 0. The van der Waals surface area contributed by atoms with Crippen molar-refractivity contribution in [3.63, 3.8) is 0 Å². The highest BCUT2D eigenvalue weighted by Crippen LogP contribution is 2.18. The van der Waals surface area contributed by atoms with Crippen LogP contribution in [0, 0.1) is 5.82 Å². The van der Waals surface area contributed by atoms with Gasteiger partial charge in [-0.25, -0.2) is 9.18 Å². The second-order valence-electron chi connectivity index (χ2n) is 3.16. The van der Waals surface area contributed by atoms with Gasteiger partial charge >= 0.3 is 12.1 Å². The van der Waals surface area contributed by atoms with Gasteiger partial charge in [0.1, 0.15) is 5.82 Å². The third kappa shape index (κ3) is 3.19. The molecule has 1 aromatic carbocycles. The van der Waals surface area contributed by atoms with E-state index in [1.165, 1.54) is 12.1 Å². The summed E-state index contributed by atoms with van der Waals surface area (Å²) in [7, 11) is 0.776. The van der Waals surface area contributed by atoms with Gasteiger partial charge in [-0.2, -0.15) is 18.2 Å². The Hall–Kier alpha value is -2.12. The van der Waals surface area contributed by atoms with Crippen LogP contribution in [0.2, 0.25) is 0 Å². The Bertz CT molecular complexity index is 472. The summed E-state index contributed by atoms with van der Waals surface area (Å²) >= 11 is 0. The monoisotopic (exact) mass is 265 g/mol. The number of hydroxylamine groups is 2. The van der Waals surface area contributed by atoms with Crippen LogP contribution in [0.5, 0.6) is 0 Å². The Balaban J connectivity index is 2.80. The predicted molar refractivity (Wildman–Crippen MR) is 50.6 cm³/mol. The summed E-state index contributed by atoms with van der Waals surface area (Å²) in [6.07, 6.45) is -5.23. The largest absolute Gasteiger partial charge is 0.493 e. The van der Waals surface area contributed by atoms with Crippen LogP contribution in [0.1, 0.15) is 10.4 Å². The number of alkyl halides is 3. The summed E-state index contributed by atoms with van der Waals surface area (Å²) in [4.78, 5) is 25.7. The van der Waals surface area contributed by atoms with Crippen molar-refractivity contribution >= 4 is 11.9 Å². The number of rotatable bonds is 1. The van der Waals surface area contributed by atoms with Crippen molar-refractivity contribution < 1.29 is 32.0 Å². The van der Waals surface area contributed by atoms with Crippen molar-refractivity contribution in [2.75, 3.05) is 7.05 Å². The van der Waals surface area contributed by atoms with Crippen molar-refractivity contribution in [1.29, 1.82) is 0 Å². The van der Waals surface area contributed by atoms with Gasteiger partial charge in [-0.15, -0.1) is 0 Å². The Morgan fingerprint density at radius 1 is 1.22 bits per heavy atom. The van der Waals surface area contributed by atoms with Gasteiger partial charge in [0.25, 0.3) is 5.91 Å². The number of carbonyl (C=O) groups is 2. The van der Waals surface area contributed by atoms with Crippen LogP contribution < -0.4 is 0 Å². The smallest absolute Gasteiger partial charge is 0.330 e. The first-order valence-corrected chi connectivity index (χ1v) is 4.55. The van der Waals surface area contributed by atoms with Crippen molar-refractivity contribution in [2.24, 2.45) is 0 Å². The SMILES string of the molecule is CN(OC(=O)C(F)(F)F)C(=O)c1ccccc1F. The van der Waals surface area contributed by atoms with Crippen molar-refractivity contribution in [2.45, 2.75) is 6.18 Å². The zero-order chi connectivity index (χ0) is 13.9. The fourth-order valence-corrected chi connectivity index (χ4v) is 1.02. The second-order valence-corrected chi connectivity index (χ2v) is 3.16. The predicted octanol–water partition coefficient (Wildman–Crippen LogP) is 1.92. The molecule has 1 amide bonds. The lowest BCUT2D eigenvalue weighted by Crippen LogP contribution is -2.36. The molecule has 0 unspecified atom stereocenters. The van der Waals surface area contributed by atoms with E-state index in [0.29, 0.717) is 0 Å². The van der Waals surface area contributed by atoms with E-state index in [4.69, 9.17) is 0 Å². The van der Waals surface area contributed by atoms with Gasteiger partial charge in [-0.05, 0) is 12.1 Å². The van der Waals surface area contributed by atoms with Crippen LogP contribution in [0.25, 0.3) is 0 Å². The minimum absolute atomic E-state index is 0.0221. The van der Waals surface area contributed by atoms with E-state index >= 15 is 0 Å². The van der Waals surface area contributed by atoms with Crippen LogP contribution >= 0.6 is 0 Å². The lowest BCUT2D eigenvalue weighted by atomic mass is 10.2. The number of nitrogens with zero attached hydrogens (tertiary/aromatic N) is 1. The molecule has 0 heterocycles. The molecule has 0 saturated heterocycles. The summed E-state index contributed by atoms with van der Waals surface area (Å²) in [5.41, 5.74) is -0.505. The summed E-state index contributed by atoms with van der Waals surface area (Å²) in [6.45, 7) is 0. The van der Waals surface area contributed by atoms with Gasteiger partial charge in [-0.3, -0.25) is 4.79 Å². The van der Waals surface area contributed by atoms with E-state index in [2.05, 4.69) is 4.84 Å². The first-order chi connectivity index (χ1) is 8.23. The molecule has 0 aliphatic carbocycles. The zero-order valence-electron chi connectivity index (χ0n) is 8.99. The van der Waals surface area contributed by atoms with E-state index in [1.807, 2.05) is 0 Å². The third-order valence-corrected chi connectivity index (χ3v) is 1.84. The van der Waals surface area contributed by atoms with Crippen LogP contribution in [0.15, 0.2) is 24.3 Å².